The number of piperazine rings is 1. The molecular formula is C27H35N5O4S. The van der Waals surface area contributed by atoms with E-state index in [0.717, 1.165) is 32.1 Å². The second-order valence-corrected chi connectivity index (χ2v) is 13.6. The summed E-state index contributed by atoms with van der Waals surface area (Å²) in [6.45, 7) is 3.90. The molecule has 4 aliphatic carbocycles. The zero-order chi connectivity index (χ0) is 25.9. The molecule has 2 unspecified atom stereocenters. The van der Waals surface area contributed by atoms with Crippen LogP contribution in [0.4, 0.5) is 11.6 Å². The van der Waals surface area contributed by atoms with Crippen molar-refractivity contribution in [3.63, 3.8) is 0 Å². The van der Waals surface area contributed by atoms with Gasteiger partial charge in [-0.2, -0.15) is 0 Å². The highest BCUT2D eigenvalue weighted by molar-refractivity contribution is 7.90. The van der Waals surface area contributed by atoms with Gasteiger partial charge in [-0.15, -0.1) is 0 Å². The van der Waals surface area contributed by atoms with Gasteiger partial charge in [-0.3, -0.25) is 4.79 Å². The van der Waals surface area contributed by atoms with Crippen molar-refractivity contribution < 1.29 is 18.3 Å². The van der Waals surface area contributed by atoms with Gasteiger partial charge in [0.25, 0.3) is 5.91 Å². The normalized spacial score (nSPS) is 33.0. The van der Waals surface area contributed by atoms with Crippen LogP contribution in [0.2, 0.25) is 0 Å². The molecule has 5 fully saturated rings. The Morgan fingerprint density at radius 1 is 1.11 bits per heavy atom. The van der Waals surface area contributed by atoms with Crippen molar-refractivity contribution in [2.24, 2.45) is 17.8 Å². The van der Waals surface area contributed by atoms with Gasteiger partial charge in [0, 0.05) is 44.2 Å². The highest BCUT2D eigenvalue weighted by Gasteiger charge is 2.55. The molecule has 5 aliphatic rings. The van der Waals surface area contributed by atoms with E-state index >= 15 is 0 Å². The molecule has 10 heteroatoms. The minimum absolute atomic E-state index is 0.0184. The predicted octanol–water partition coefficient (Wildman–Crippen LogP) is 2.26. The highest BCUT2D eigenvalue weighted by atomic mass is 32.2. The molecule has 4 bridgehead atoms. The van der Waals surface area contributed by atoms with Crippen molar-refractivity contribution >= 4 is 27.4 Å². The number of amides is 1. The van der Waals surface area contributed by atoms with Crippen LogP contribution in [0.25, 0.3) is 0 Å². The number of para-hydroxylation sites is 1. The summed E-state index contributed by atoms with van der Waals surface area (Å²) in [5.41, 5.74) is 0.542. The number of benzene rings is 1. The first-order valence-corrected chi connectivity index (χ1v) is 15.2. The molecule has 1 aromatic carbocycles. The second-order valence-electron chi connectivity index (χ2n) is 11.7. The van der Waals surface area contributed by atoms with Crippen molar-refractivity contribution in [1.82, 2.24) is 15.3 Å². The number of aliphatic hydroxyl groups is 1. The highest BCUT2D eigenvalue weighted by Crippen LogP contribution is 2.55. The number of carbonyl (C=O) groups is 1. The molecule has 1 amide bonds. The van der Waals surface area contributed by atoms with Gasteiger partial charge in [-0.1, -0.05) is 12.1 Å². The quantitative estimate of drug-likeness (QED) is 0.611. The lowest BCUT2D eigenvalue weighted by molar-refractivity contribution is -0.136. The van der Waals surface area contributed by atoms with Crippen LogP contribution >= 0.6 is 0 Å². The van der Waals surface area contributed by atoms with Crippen LogP contribution in [0.3, 0.4) is 0 Å². The number of rotatable bonds is 5. The first-order valence-electron chi connectivity index (χ1n) is 13.3. The van der Waals surface area contributed by atoms with E-state index in [4.69, 9.17) is 0 Å². The maximum atomic E-state index is 13.3. The molecule has 1 saturated heterocycles. The third kappa shape index (κ3) is 4.58. The van der Waals surface area contributed by atoms with E-state index in [0.29, 0.717) is 59.6 Å². The lowest BCUT2D eigenvalue weighted by Crippen LogP contribution is -2.61. The lowest BCUT2D eigenvalue weighted by atomic mass is 9.52. The summed E-state index contributed by atoms with van der Waals surface area (Å²) in [5, 5.41) is 14.1. The van der Waals surface area contributed by atoms with Gasteiger partial charge in [0.05, 0.1) is 16.2 Å². The third-order valence-corrected chi connectivity index (χ3v) is 10.0. The average Bonchev–Trinajstić information content (AvgIpc) is 2.84. The van der Waals surface area contributed by atoms with Crippen LogP contribution in [0.5, 0.6) is 0 Å². The summed E-state index contributed by atoms with van der Waals surface area (Å²) in [7, 11) is -3.34. The Bertz CT molecular complexity index is 1300. The van der Waals surface area contributed by atoms with Gasteiger partial charge in [0.1, 0.15) is 5.69 Å². The molecule has 0 radical (unpaired) electrons. The number of hydrogen-bond acceptors (Lipinski definition) is 8. The molecule has 3 atom stereocenters. The van der Waals surface area contributed by atoms with Crippen molar-refractivity contribution in [3.8, 4) is 0 Å². The Balaban J connectivity index is 1.15. The molecule has 2 N–H and O–H groups in total. The van der Waals surface area contributed by atoms with E-state index in [9.17, 15) is 18.3 Å². The predicted molar refractivity (Wildman–Crippen MR) is 140 cm³/mol. The number of nitrogens with one attached hydrogen (secondary N) is 1. The van der Waals surface area contributed by atoms with Crippen LogP contribution in [-0.2, 0) is 9.84 Å². The molecular weight excluding hydrogens is 490 g/mol. The van der Waals surface area contributed by atoms with Crippen molar-refractivity contribution in [3.05, 3.63) is 42.2 Å². The fraction of sp³-hybridized carbons (Fsp3) is 0.593. The van der Waals surface area contributed by atoms with Crippen LogP contribution < -0.4 is 15.1 Å². The summed E-state index contributed by atoms with van der Waals surface area (Å²) in [5.74, 6) is 1.59. The zero-order valence-corrected chi connectivity index (χ0v) is 22.2. The number of sulfone groups is 1. The first kappa shape index (κ1) is 24.6. The van der Waals surface area contributed by atoms with E-state index < -0.39 is 15.4 Å². The van der Waals surface area contributed by atoms with Crippen LogP contribution in [0.1, 0.15) is 49.5 Å². The number of aromatic nitrogens is 2. The number of nitrogens with zero attached hydrogens (tertiary/aromatic N) is 4. The largest absolute Gasteiger partial charge is 0.390 e. The van der Waals surface area contributed by atoms with Crippen molar-refractivity contribution in [2.75, 3.05) is 35.7 Å². The molecule has 4 saturated carbocycles. The molecule has 198 valence electrons. The van der Waals surface area contributed by atoms with Gasteiger partial charge in [0.15, 0.2) is 9.84 Å². The maximum absolute atomic E-state index is 13.3. The van der Waals surface area contributed by atoms with Crippen LogP contribution in [0, 0.1) is 17.8 Å². The fourth-order valence-electron chi connectivity index (χ4n) is 7.56. The molecule has 9 nitrogen and oxygen atoms in total. The molecule has 37 heavy (non-hydrogen) atoms. The zero-order valence-electron chi connectivity index (χ0n) is 21.4. The van der Waals surface area contributed by atoms with E-state index in [1.807, 2.05) is 12.1 Å². The van der Waals surface area contributed by atoms with E-state index in [1.165, 1.54) is 6.26 Å². The Kier molecular flexibility index (Phi) is 5.95. The SMILES string of the molecule is C[C@@H]1CN(c2ccccc2S(C)(=O)=O)CCN1c1nccc(C(=O)N[C@H]2C3CC4CC2C[C@](O)(C4)C3)n1. The van der Waals surface area contributed by atoms with Gasteiger partial charge in [-0.05, 0) is 75.0 Å². The topological polar surface area (TPSA) is 116 Å². The van der Waals surface area contributed by atoms with Crippen molar-refractivity contribution in [2.45, 2.75) is 61.6 Å². The van der Waals surface area contributed by atoms with Gasteiger partial charge >= 0.3 is 0 Å². The molecule has 7 rings (SSSR count). The van der Waals surface area contributed by atoms with Crippen molar-refractivity contribution in [1.29, 1.82) is 0 Å². The number of carbonyl (C=O) groups excluding carboxylic acids is 1. The molecule has 2 aromatic rings. The Hall–Kier alpha value is -2.72. The van der Waals surface area contributed by atoms with E-state index in [-0.39, 0.29) is 18.0 Å². The fourth-order valence-corrected chi connectivity index (χ4v) is 8.46. The van der Waals surface area contributed by atoms with E-state index in [2.05, 4.69) is 32.0 Å². The summed E-state index contributed by atoms with van der Waals surface area (Å²) in [6.07, 6.45) is 7.53. The van der Waals surface area contributed by atoms with Gasteiger partial charge in [-0.25, -0.2) is 18.4 Å². The Morgan fingerprint density at radius 3 is 2.51 bits per heavy atom. The smallest absolute Gasteiger partial charge is 0.270 e. The second kappa shape index (κ2) is 8.94. The maximum Gasteiger partial charge on any atom is 0.270 e. The average molecular weight is 526 g/mol. The minimum Gasteiger partial charge on any atom is -0.390 e. The van der Waals surface area contributed by atoms with Gasteiger partial charge < -0.3 is 20.2 Å². The third-order valence-electron chi connectivity index (χ3n) is 8.90. The Labute approximate surface area is 218 Å². The number of anilines is 2. The summed E-state index contributed by atoms with van der Waals surface area (Å²) in [4.78, 5) is 26.9. The summed E-state index contributed by atoms with van der Waals surface area (Å²) < 4.78 is 24.6. The first-order chi connectivity index (χ1) is 17.6. The standard InChI is InChI=1S/C27H35N5O4S/c1-17-16-31(22-5-3-4-6-23(22)37(2,35)36)9-10-32(17)26-28-8-7-21(29-26)25(33)30-24-19-11-18-12-20(24)15-27(34,13-18)14-19/h3-8,17-20,24,34H,9-16H2,1-2H3,(H,30,33)/t17-,18?,19?,20?,24-,27-/m1/s1. The lowest BCUT2D eigenvalue weighted by Gasteiger charge is -2.58. The molecule has 2 heterocycles. The summed E-state index contributed by atoms with van der Waals surface area (Å²) in [6, 6.07) is 8.88. The molecule has 0 spiro atoms. The van der Waals surface area contributed by atoms with E-state index in [1.54, 1.807) is 24.4 Å². The molecule has 1 aliphatic heterocycles. The minimum atomic E-state index is -3.34. The van der Waals surface area contributed by atoms with Gasteiger partial charge in [0.2, 0.25) is 5.95 Å². The summed E-state index contributed by atoms with van der Waals surface area (Å²) >= 11 is 0. The molecule has 1 aromatic heterocycles. The van der Waals surface area contributed by atoms with Crippen LogP contribution in [0.15, 0.2) is 41.4 Å². The van der Waals surface area contributed by atoms with Crippen LogP contribution in [-0.4, -0.2) is 73.0 Å². The Morgan fingerprint density at radius 2 is 1.84 bits per heavy atom. The number of hydrogen-bond donors (Lipinski definition) is 2. The monoisotopic (exact) mass is 525 g/mol.